The average molecular weight is 347 g/mol. The van der Waals surface area contributed by atoms with E-state index in [-0.39, 0.29) is 0 Å². The number of rotatable bonds is 17. The molecule has 0 aliphatic rings. The molecule has 1 aromatic rings. The first-order chi connectivity index (χ1) is 12.4. The van der Waals surface area contributed by atoms with Crippen LogP contribution in [0.2, 0.25) is 0 Å². The van der Waals surface area contributed by atoms with Gasteiger partial charge in [0.2, 0.25) is 0 Å². The molecule has 0 aliphatic carbocycles. The third kappa shape index (κ3) is 13.0. The zero-order valence-electron chi connectivity index (χ0n) is 17.0. The molecule has 0 atom stereocenters. The smallest absolute Gasteiger partial charge is 0.119 e. The number of benzene rings is 1. The van der Waals surface area contributed by atoms with Crippen LogP contribution in [0, 0.1) is 0 Å². The summed E-state index contributed by atoms with van der Waals surface area (Å²) in [6.45, 7) is 5.26. The van der Waals surface area contributed by atoms with Crippen LogP contribution < -0.4 is 4.74 Å². The highest BCUT2D eigenvalue weighted by Gasteiger charge is 1.98. The largest absolute Gasteiger partial charge is 0.494 e. The van der Waals surface area contributed by atoms with Crippen LogP contribution in [0.1, 0.15) is 109 Å². The minimum Gasteiger partial charge on any atom is -0.494 e. The number of aryl methyl sites for hydroxylation is 1. The average Bonchev–Trinajstić information content (AvgIpc) is 2.64. The topological polar surface area (TPSA) is 9.23 Å². The number of unbranched alkanes of at least 4 members (excludes halogenated alkanes) is 12. The summed E-state index contributed by atoms with van der Waals surface area (Å²) in [6.07, 6.45) is 20.7. The summed E-state index contributed by atoms with van der Waals surface area (Å²) in [5.74, 6) is 1.04. The van der Waals surface area contributed by atoms with Crippen molar-refractivity contribution in [2.45, 2.75) is 110 Å². The molecule has 0 fully saturated rings. The van der Waals surface area contributed by atoms with Gasteiger partial charge in [-0.25, -0.2) is 0 Å². The predicted molar refractivity (Wildman–Crippen MR) is 112 cm³/mol. The molecule has 1 nitrogen and oxygen atoms in total. The molecule has 0 saturated heterocycles. The van der Waals surface area contributed by atoms with Gasteiger partial charge in [-0.05, 0) is 37.0 Å². The molecule has 0 bridgehead atoms. The van der Waals surface area contributed by atoms with Gasteiger partial charge < -0.3 is 4.74 Å². The fourth-order valence-corrected chi connectivity index (χ4v) is 3.36. The van der Waals surface area contributed by atoms with Gasteiger partial charge in [-0.2, -0.15) is 0 Å². The molecule has 1 aromatic carbocycles. The van der Waals surface area contributed by atoms with Crippen molar-refractivity contribution >= 4 is 0 Å². The van der Waals surface area contributed by atoms with E-state index < -0.39 is 0 Å². The maximum atomic E-state index is 5.71. The first-order valence-corrected chi connectivity index (χ1v) is 11.1. The molecule has 0 aliphatic heterocycles. The van der Waals surface area contributed by atoms with Crippen molar-refractivity contribution in [1.82, 2.24) is 0 Å². The van der Waals surface area contributed by atoms with Gasteiger partial charge in [0.05, 0.1) is 6.61 Å². The lowest BCUT2D eigenvalue weighted by molar-refractivity contribution is 0.317. The van der Waals surface area contributed by atoms with Crippen LogP contribution in [-0.4, -0.2) is 6.61 Å². The van der Waals surface area contributed by atoms with Gasteiger partial charge >= 0.3 is 0 Å². The van der Waals surface area contributed by atoms with Crippen molar-refractivity contribution in [3.8, 4) is 5.75 Å². The molecule has 0 radical (unpaired) electrons. The van der Waals surface area contributed by atoms with E-state index in [1.54, 1.807) is 0 Å². The fraction of sp³-hybridized carbons (Fsp3) is 0.750. The van der Waals surface area contributed by atoms with Crippen LogP contribution in [0.4, 0.5) is 0 Å². The van der Waals surface area contributed by atoms with E-state index in [0.29, 0.717) is 0 Å². The van der Waals surface area contributed by atoms with E-state index in [1.165, 1.54) is 95.5 Å². The van der Waals surface area contributed by atoms with Crippen molar-refractivity contribution in [2.24, 2.45) is 0 Å². The first kappa shape index (κ1) is 22.1. The lowest BCUT2D eigenvalue weighted by Crippen LogP contribution is -1.95. The third-order valence-electron chi connectivity index (χ3n) is 4.94. The van der Waals surface area contributed by atoms with Crippen LogP contribution in [0.15, 0.2) is 24.3 Å². The Morgan fingerprint density at radius 1 is 0.640 bits per heavy atom. The highest BCUT2D eigenvalue weighted by Crippen LogP contribution is 2.17. The van der Waals surface area contributed by atoms with Gasteiger partial charge in [-0.3, -0.25) is 0 Å². The van der Waals surface area contributed by atoms with Crippen LogP contribution in [0.5, 0.6) is 5.75 Å². The van der Waals surface area contributed by atoms with Gasteiger partial charge in [-0.15, -0.1) is 0 Å². The quantitative estimate of drug-likeness (QED) is 0.259. The zero-order valence-corrected chi connectivity index (χ0v) is 17.0. The van der Waals surface area contributed by atoms with Gasteiger partial charge in [0.1, 0.15) is 5.75 Å². The number of hydrogen-bond acceptors (Lipinski definition) is 1. The molecule has 0 heterocycles. The summed E-state index contributed by atoms with van der Waals surface area (Å²) >= 11 is 0. The molecule has 0 aromatic heterocycles. The molecule has 0 spiro atoms. The highest BCUT2D eigenvalue weighted by atomic mass is 16.5. The minimum absolute atomic E-state index is 0.822. The Bertz CT molecular complexity index is 399. The molecule has 0 saturated carbocycles. The Kier molecular flexibility index (Phi) is 14.5. The first-order valence-electron chi connectivity index (χ1n) is 11.1. The van der Waals surface area contributed by atoms with E-state index >= 15 is 0 Å². The Morgan fingerprint density at radius 3 is 1.76 bits per heavy atom. The summed E-state index contributed by atoms with van der Waals surface area (Å²) in [7, 11) is 0. The Morgan fingerprint density at radius 2 is 1.20 bits per heavy atom. The van der Waals surface area contributed by atoms with E-state index in [9.17, 15) is 0 Å². The summed E-state index contributed by atoms with van der Waals surface area (Å²) in [6, 6.07) is 8.65. The van der Waals surface area contributed by atoms with Crippen molar-refractivity contribution in [3.63, 3.8) is 0 Å². The second-order valence-electron chi connectivity index (χ2n) is 7.49. The second kappa shape index (κ2) is 16.5. The van der Waals surface area contributed by atoms with Crippen molar-refractivity contribution in [1.29, 1.82) is 0 Å². The van der Waals surface area contributed by atoms with E-state index in [4.69, 9.17) is 4.74 Å². The SMILES string of the molecule is CCCCCCCCCCCCCCCc1cccc(OCCC)c1. The zero-order chi connectivity index (χ0) is 18.0. The highest BCUT2D eigenvalue weighted by molar-refractivity contribution is 5.28. The third-order valence-corrected chi connectivity index (χ3v) is 4.94. The van der Waals surface area contributed by atoms with Gasteiger partial charge in [0.25, 0.3) is 0 Å². The minimum atomic E-state index is 0.822. The second-order valence-corrected chi connectivity index (χ2v) is 7.49. The summed E-state index contributed by atoms with van der Waals surface area (Å²) in [5.41, 5.74) is 1.43. The Hall–Kier alpha value is -0.980. The standard InChI is InChI=1S/C24H42O/c1-3-5-6-7-8-9-10-11-12-13-14-15-16-18-23-19-17-20-24(22-23)25-21-4-2/h17,19-20,22H,3-16,18,21H2,1-2H3. The normalized spacial score (nSPS) is 11.0. The van der Waals surface area contributed by atoms with Crippen LogP contribution in [0.25, 0.3) is 0 Å². The van der Waals surface area contributed by atoms with Crippen molar-refractivity contribution in [2.75, 3.05) is 6.61 Å². The van der Waals surface area contributed by atoms with Crippen LogP contribution in [-0.2, 0) is 6.42 Å². The fourth-order valence-electron chi connectivity index (χ4n) is 3.36. The lowest BCUT2D eigenvalue weighted by Gasteiger charge is -2.07. The maximum Gasteiger partial charge on any atom is 0.119 e. The van der Waals surface area contributed by atoms with E-state index in [1.807, 2.05) is 0 Å². The predicted octanol–water partition coefficient (Wildman–Crippen LogP) is 8.11. The van der Waals surface area contributed by atoms with Gasteiger partial charge in [0.15, 0.2) is 0 Å². The van der Waals surface area contributed by atoms with Crippen LogP contribution in [0.3, 0.4) is 0 Å². The summed E-state index contributed by atoms with van der Waals surface area (Å²) < 4.78 is 5.71. The lowest BCUT2D eigenvalue weighted by atomic mass is 10.0. The molecular formula is C24H42O. The summed E-state index contributed by atoms with van der Waals surface area (Å²) in [4.78, 5) is 0. The van der Waals surface area contributed by atoms with Gasteiger partial charge in [0, 0.05) is 0 Å². The van der Waals surface area contributed by atoms with E-state index in [0.717, 1.165) is 18.8 Å². The molecule has 25 heavy (non-hydrogen) atoms. The Labute approximate surface area is 157 Å². The Balaban J connectivity index is 1.90. The molecular weight excluding hydrogens is 304 g/mol. The number of hydrogen-bond donors (Lipinski definition) is 0. The van der Waals surface area contributed by atoms with Crippen molar-refractivity contribution < 1.29 is 4.74 Å². The van der Waals surface area contributed by atoms with Crippen molar-refractivity contribution in [3.05, 3.63) is 29.8 Å². The maximum absolute atomic E-state index is 5.71. The van der Waals surface area contributed by atoms with Gasteiger partial charge in [-0.1, -0.05) is 103 Å². The molecule has 1 rings (SSSR count). The van der Waals surface area contributed by atoms with E-state index in [2.05, 4.69) is 38.1 Å². The summed E-state index contributed by atoms with van der Waals surface area (Å²) in [5, 5.41) is 0. The molecule has 0 amide bonds. The van der Waals surface area contributed by atoms with Crippen LogP contribution >= 0.6 is 0 Å². The molecule has 0 N–H and O–H groups in total. The monoisotopic (exact) mass is 346 g/mol. The molecule has 144 valence electrons. The molecule has 0 unspecified atom stereocenters. The number of ether oxygens (including phenoxy) is 1. The molecule has 1 heteroatoms.